The van der Waals surface area contributed by atoms with Crippen LogP contribution in [-0.4, -0.2) is 56.2 Å². The van der Waals surface area contributed by atoms with Crippen molar-refractivity contribution in [3.8, 4) is 0 Å². The number of amides is 1. The molecule has 92 valence electrons. The van der Waals surface area contributed by atoms with E-state index in [-0.39, 0.29) is 11.9 Å². The Labute approximate surface area is 96.3 Å². The van der Waals surface area contributed by atoms with E-state index in [4.69, 9.17) is 10.5 Å². The second kappa shape index (κ2) is 5.12. The van der Waals surface area contributed by atoms with Crippen LogP contribution < -0.4 is 11.1 Å². The fraction of sp³-hybridized carbons (Fsp3) is 0.909. The van der Waals surface area contributed by atoms with E-state index in [1.54, 1.807) is 7.11 Å². The van der Waals surface area contributed by atoms with E-state index in [2.05, 4.69) is 10.2 Å². The van der Waals surface area contributed by atoms with Gasteiger partial charge in [-0.05, 0) is 18.8 Å². The van der Waals surface area contributed by atoms with Gasteiger partial charge in [0.25, 0.3) is 0 Å². The molecule has 3 N–H and O–H groups in total. The van der Waals surface area contributed by atoms with Crippen LogP contribution in [0.15, 0.2) is 0 Å². The molecule has 1 amide bonds. The number of nitrogens with two attached hydrogens (primary N) is 1. The summed E-state index contributed by atoms with van der Waals surface area (Å²) >= 11 is 0. The van der Waals surface area contributed by atoms with Crippen molar-refractivity contribution < 1.29 is 9.53 Å². The number of carbonyl (C=O) groups excluding carboxylic acids is 1. The lowest BCUT2D eigenvalue weighted by molar-refractivity contribution is -0.125. The van der Waals surface area contributed by atoms with Crippen molar-refractivity contribution in [1.82, 2.24) is 10.2 Å². The van der Waals surface area contributed by atoms with Crippen molar-refractivity contribution in [2.24, 2.45) is 11.7 Å². The Morgan fingerprint density at radius 3 is 2.94 bits per heavy atom. The molecule has 2 atom stereocenters. The summed E-state index contributed by atoms with van der Waals surface area (Å²) in [5, 5.41) is 3.22. The number of nitrogens with zero attached hydrogens (tertiary/aromatic N) is 1. The molecular formula is C11H21N3O2. The van der Waals surface area contributed by atoms with Crippen LogP contribution in [0.2, 0.25) is 0 Å². The van der Waals surface area contributed by atoms with Crippen molar-refractivity contribution in [3.63, 3.8) is 0 Å². The number of nitrogens with one attached hydrogen (secondary N) is 1. The predicted octanol–water partition coefficient (Wildman–Crippen LogP) is -0.829. The van der Waals surface area contributed by atoms with Gasteiger partial charge >= 0.3 is 0 Å². The summed E-state index contributed by atoms with van der Waals surface area (Å²) in [5.41, 5.74) is 5.45. The average Bonchev–Trinajstić information content (AvgIpc) is 3.10. The number of rotatable bonds is 5. The molecule has 16 heavy (non-hydrogen) atoms. The molecule has 0 aromatic carbocycles. The smallest absolute Gasteiger partial charge is 0.236 e. The molecule has 1 aliphatic heterocycles. The third-order valence-electron chi connectivity index (χ3n) is 3.54. The van der Waals surface area contributed by atoms with Crippen LogP contribution in [0.4, 0.5) is 0 Å². The van der Waals surface area contributed by atoms with E-state index in [1.165, 1.54) is 12.8 Å². The lowest BCUT2D eigenvalue weighted by atomic mass is 10.1. The highest BCUT2D eigenvalue weighted by atomic mass is 16.5. The number of piperazine rings is 1. The zero-order valence-electron chi connectivity index (χ0n) is 9.82. The second-order valence-corrected chi connectivity index (χ2v) is 4.72. The molecule has 5 heteroatoms. The Balaban J connectivity index is 2.04. The number of hydrogen-bond donors (Lipinski definition) is 2. The fourth-order valence-electron chi connectivity index (χ4n) is 2.54. The Morgan fingerprint density at radius 2 is 2.38 bits per heavy atom. The minimum absolute atomic E-state index is 0.172. The topological polar surface area (TPSA) is 67.6 Å². The lowest BCUT2D eigenvalue weighted by Gasteiger charge is -2.39. The van der Waals surface area contributed by atoms with E-state index >= 15 is 0 Å². The van der Waals surface area contributed by atoms with Crippen molar-refractivity contribution in [3.05, 3.63) is 0 Å². The minimum Gasteiger partial charge on any atom is -0.383 e. The number of hydrogen-bond acceptors (Lipinski definition) is 4. The summed E-state index contributed by atoms with van der Waals surface area (Å²) < 4.78 is 5.27. The van der Waals surface area contributed by atoms with E-state index in [0.717, 1.165) is 13.1 Å². The van der Waals surface area contributed by atoms with Crippen LogP contribution in [0.5, 0.6) is 0 Å². The molecule has 2 unspecified atom stereocenters. The predicted molar refractivity (Wildman–Crippen MR) is 60.9 cm³/mol. The van der Waals surface area contributed by atoms with Crippen molar-refractivity contribution in [2.45, 2.75) is 24.9 Å². The van der Waals surface area contributed by atoms with Crippen LogP contribution in [0.1, 0.15) is 12.8 Å². The summed E-state index contributed by atoms with van der Waals surface area (Å²) in [6.45, 7) is 3.19. The normalized spacial score (nSPS) is 28.9. The van der Waals surface area contributed by atoms with Gasteiger partial charge in [-0.2, -0.15) is 0 Å². The molecule has 2 rings (SSSR count). The maximum atomic E-state index is 11.4. The molecular weight excluding hydrogens is 206 g/mol. The fourth-order valence-corrected chi connectivity index (χ4v) is 2.54. The van der Waals surface area contributed by atoms with E-state index < -0.39 is 0 Å². The Morgan fingerprint density at radius 1 is 1.62 bits per heavy atom. The first kappa shape index (κ1) is 11.8. The largest absolute Gasteiger partial charge is 0.383 e. The van der Waals surface area contributed by atoms with Gasteiger partial charge in [0, 0.05) is 32.8 Å². The molecule has 0 aromatic heterocycles. The van der Waals surface area contributed by atoms with Gasteiger partial charge in [-0.25, -0.2) is 0 Å². The first-order valence-corrected chi connectivity index (χ1v) is 5.98. The minimum atomic E-state index is -0.228. The van der Waals surface area contributed by atoms with Crippen molar-refractivity contribution in [2.75, 3.05) is 33.4 Å². The van der Waals surface area contributed by atoms with Gasteiger partial charge in [0.2, 0.25) is 5.91 Å². The monoisotopic (exact) mass is 227 g/mol. The highest BCUT2D eigenvalue weighted by molar-refractivity contribution is 5.80. The summed E-state index contributed by atoms with van der Waals surface area (Å²) in [6, 6.07) is 0.194. The second-order valence-electron chi connectivity index (χ2n) is 4.72. The zero-order valence-corrected chi connectivity index (χ0v) is 9.82. The molecule has 1 saturated carbocycles. The summed E-state index contributed by atoms with van der Waals surface area (Å²) in [4.78, 5) is 13.7. The van der Waals surface area contributed by atoms with Crippen molar-refractivity contribution >= 4 is 5.91 Å². The van der Waals surface area contributed by atoms with Gasteiger partial charge in [-0.3, -0.25) is 9.69 Å². The molecule has 0 radical (unpaired) electrons. The molecule has 2 aliphatic rings. The maximum Gasteiger partial charge on any atom is 0.236 e. The maximum absolute atomic E-state index is 11.4. The highest BCUT2D eigenvalue weighted by Crippen LogP contribution is 2.36. The Bertz CT molecular complexity index is 256. The Kier molecular flexibility index (Phi) is 3.78. The van der Waals surface area contributed by atoms with E-state index in [1.807, 2.05) is 0 Å². The molecule has 1 heterocycles. The first-order valence-electron chi connectivity index (χ1n) is 5.98. The number of primary amides is 1. The number of methoxy groups -OCH3 is 1. The van der Waals surface area contributed by atoms with Gasteiger partial charge in [0.1, 0.15) is 6.04 Å². The third-order valence-corrected chi connectivity index (χ3v) is 3.54. The molecule has 1 saturated heterocycles. The molecule has 0 spiro atoms. The zero-order chi connectivity index (χ0) is 11.5. The summed E-state index contributed by atoms with van der Waals surface area (Å²) in [7, 11) is 1.72. The summed E-state index contributed by atoms with van der Waals surface area (Å²) in [6.07, 6.45) is 2.51. The van der Waals surface area contributed by atoms with Gasteiger partial charge in [0.15, 0.2) is 0 Å². The first-order chi connectivity index (χ1) is 7.74. The molecule has 1 aliphatic carbocycles. The average molecular weight is 227 g/mol. The van der Waals surface area contributed by atoms with Gasteiger partial charge in [-0.1, -0.05) is 0 Å². The third kappa shape index (κ3) is 2.53. The van der Waals surface area contributed by atoms with Crippen LogP contribution in [0.25, 0.3) is 0 Å². The Hall–Kier alpha value is -0.650. The molecule has 5 nitrogen and oxygen atoms in total. The van der Waals surface area contributed by atoms with Crippen LogP contribution >= 0.6 is 0 Å². The van der Waals surface area contributed by atoms with E-state index in [0.29, 0.717) is 25.1 Å². The van der Waals surface area contributed by atoms with Crippen LogP contribution in [-0.2, 0) is 9.53 Å². The molecule has 0 bridgehead atoms. The SMILES string of the molecule is COCC(C1CC1)N1CCNCC1C(N)=O. The van der Waals surface area contributed by atoms with E-state index in [9.17, 15) is 4.79 Å². The van der Waals surface area contributed by atoms with Crippen molar-refractivity contribution in [1.29, 1.82) is 0 Å². The number of ether oxygens (including phenoxy) is 1. The van der Waals surface area contributed by atoms with Gasteiger partial charge in [-0.15, -0.1) is 0 Å². The summed E-state index contributed by atoms with van der Waals surface area (Å²) in [5.74, 6) is 0.467. The number of carbonyl (C=O) groups is 1. The quantitative estimate of drug-likeness (QED) is 0.643. The molecule has 2 fully saturated rings. The standard InChI is InChI=1S/C11H21N3O2/c1-16-7-10(8-2-3-8)14-5-4-13-6-9(14)11(12)15/h8-10,13H,2-7H2,1H3,(H2,12,15). The van der Waals surface area contributed by atoms with Crippen LogP contribution in [0, 0.1) is 5.92 Å². The highest BCUT2D eigenvalue weighted by Gasteiger charge is 2.40. The van der Waals surface area contributed by atoms with Gasteiger partial charge < -0.3 is 15.8 Å². The van der Waals surface area contributed by atoms with Gasteiger partial charge in [0.05, 0.1) is 6.61 Å². The molecule has 0 aromatic rings. The van der Waals surface area contributed by atoms with Crippen LogP contribution in [0.3, 0.4) is 0 Å². The lowest BCUT2D eigenvalue weighted by Crippen LogP contribution is -2.61.